The van der Waals surface area contributed by atoms with Gasteiger partial charge in [0.2, 0.25) is 11.8 Å². The van der Waals surface area contributed by atoms with Gasteiger partial charge in [0.15, 0.2) is 5.82 Å². The summed E-state index contributed by atoms with van der Waals surface area (Å²) in [5.41, 5.74) is 3.68. The summed E-state index contributed by atoms with van der Waals surface area (Å²) in [6.07, 6.45) is 11.4. The summed E-state index contributed by atoms with van der Waals surface area (Å²) >= 11 is 0. The third-order valence-electron chi connectivity index (χ3n) is 10.1. The van der Waals surface area contributed by atoms with Crippen molar-refractivity contribution in [3.63, 3.8) is 0 Å². The number of nitrogens with one attached hydrogen (secondary N) is 2. The van der Waals surface area contributed by atoms with Gasteiger partial charge in [-0.2, -0.15) is 5.10 Å². The van der Waals surface area contributed by atoms with Gasteiger partial charge < -0.3 is 15.0 Å². The molecule has 3 aromatic rings. The minimum Gasteiger partial charge on any atom is -0.497 e. The van der Waals surface area contributed by atoms with Crippen molar-refractivity contribution in [2.75, 3.05) is 12.4 Å². The maximum atomic E-state index is 13.4. The molecule has 3 heterocycles. The summed E-state index contributed by atoms with van der Waals surface area (Å²) in [5.74, 6) is 2.11. The van der Waals surface area contributed by atoms with Crippen LogP contribution in [0.2, 0.25) is 0 Å². The van der Waals surface area contributed by atoms with Gasteiger partial charge in [0.05, 0.1) is 13.7 Å². The van der Waals surface area contributed by atoms with Crippen LogP contribution >= 0.6 is 0 Å². The summed E-state index contributed by atoms with van der Waals surface area (Å²) < 4.78 is 7.19. The van der Waals surface area contributed by atoms with E-state index in [0.717, 1.165) is 66.4 Å². The number of fused-ring (bicyclic) bond motifs is 1. The third-order valence-corrected chi connectivity index (χ3v) is 10.1. The molecular formula is C34H40N6O4. The molecule has 2 saturated carbocycles. The van der Waals surface area contributed by atoms with Crippen molar-refractivity contribution in [3.8, 4) is 5.75 Å². The minimum absolute atomic E-state index is 0.0645. The summed E-state index contributed by atoms with van der Waals surface area (Å²) in [6, 6.07) is 13.3. The Kier molecular flexibility index (Phi) is 7.60. The van der Waals surface area contributed by atoms with Crippen molar-refractivity contribution < 1.29 is 19.1 Å². The largest absolute Gasteiger partial charge is 0.497 e. The minimum atomic E-state index is -0.614. The van der Waals surface area contributed by atoms with Gasteiger partial charge in [-0.1, -0.05) is 31.0 Å². The van der Waals surface area contributed by atoms with Crippen LogP contribution in [0.4, 0.5) is 5.69 Å². The van der Waals surface area contributed by atoms with Gasteiger partial charge in [-0.05, 0) is 80.7 Å². The predicted molar refractivity (Wildman–Crippen MR) is 164 cm³/mol. The quantitative estimate of drug-likeness (QED) is 0.323. The number of carbonyl (C=O) groups excluding carboxylic acids is 3. The monoisotopic (exact) mass is 596 g/mol. The van der Waals surface area contributed by atoms with Gasteiger partial charge in [0, 0.05) is 41.2 Å². The highest BCUT2D eigenvalue weighted by Gasteiger charge is 2.42. The second-order valence-corrected chi connectivity index (χ2v) is 13.0. The number of piperidine rings is 1. The SMILES string of the molecule is COc1ccc(Cn2cnc(C3CCC(CCC4CC4)(Nc4cccc5c4CN(C4CCC(=O)NC4=O)C5=O)CC3)n2)cc1. The van der Waals surface area contributed by atoms with Gasteiger partial charge in [-0.15, -0.1) is 0 Å². The van der Waals surface area contributed by atoms with Crippen molar-refractivity contribution >= 4 is 23.4 Å². The first kappa shape index (κ1) is 28.6. The maximum Gasteiger partial charge on any atom is 0.255 e. The molecule has 0 bridgehead atoms. The number of benzene rings is 2. The average Bonchev–Trinajstić information content (AvgIpc) is 3.66. The van der Waals surface area contributed by atoms with Crippen LogP contribution in [0.15, 0.2) is 48.8 Å². The van der Waals surface area contributed by atoms with Crippen molar-refractivity contribution in [2.45, 2.75) is 94.8 Å². The number of rotatable bonds is 10. The Labute approximate surface area is 257 Å². The van der Waals surface area contributed by atoms with Crippen LogP contribution in [0.5, 0.6) is 5.75 Å². The topological polar surface area (TPSA) is 118 Å². The molecule has 1 aromatic heterocycles. The zero-order chi connectivity index (χ0) is 30.3. The molecule has 10 nitrogen and oxygen atoms in total. The number of methoxy groups -OCH3 is 1. The highest BCUT2D eigenvalue weighted by molar-refractivity contribution is 6.06. The molecule has 10 heteroatoms. The van der Waals surface area contributed by atoms with Gasteiger partial charge in [-0.25, -0.2) is 9.67 Å². The molecule has 230 valence electrons. The molecule has 1 saturated heterocycles. The van der Waals surface area contributed by atoms with E-state index < -0.39 is 6.04 Å². The number of carbonyl (C=O) groups is 3. The summed E-state index contributed by atoms with van der Waals surface area (Å²) in [5, 5.41) is 11.2. The Morgan fingerprint density at radius 3 is 2.55 bits per heavy atom. The van der Waals surface area contributed by atoms with Crippen molar-refractivity contribution in [1.29, 1.82) is 0 Å². The van der Waals surface area contributed by atoms with E-state index in [4.69, 9.17) is 14.8 Å². The molecule has 2 N–H and O–H groups in total. The molecule has 2 aliphatic heterocycles. The maximum absolute atomic E-state index is 13.4. The van der Waals surface area contributed by atoms with Gasteiger partial charge in [-0.3, -0.25) is 19.7 Å². The number of amides is 3. The van der Waals surface area contributed by atoms with Crippen LogP contribution in [0.3, 0.4) is 0 Å². The molecule has 0 radical (unpaired) electrons. The number of imide groups is 1. The first-order chi connectivity index (χ1) is 21.4. The Morgan fingerprint density at radius 2 is 1.82 bits per heavy atom. The fourth-order valence-corrected chi connectivity index (χ4v) is 7.23. The number of hydrogen-bond acceptors (Lipinski definition) is 7. The van der Waals surface area contributed by atoms with E-state index in [0.29, 0.717) is 31.0 Å². The Morgan fingerprint density at radius 1 is 1.02 bits per heavy atom. The summed E-state index contributed by atoms with van der Waals surface area (Å²) in [4.78, 5) is 44.1. The molecule has 1 atom stereocenters. The predicted octanol–water partition coefficient (Wildman–Crippen LogP) is 4.79. The molecule has 3 amide bonds. The normalized spacial score (nSPS) is 25.1. The average molecular weight is 597 g/mol. The van der Waals surface area contributed by atoms with E-state index in [-0.39, 0.29) is 29.7 Å². The summed E-state index contributed by atoms with van der Waals surface area (Å²) in [7, 11) is 1.67. The van der Waals surface area contributed by atoms with E-state index in [1.165, 1.54) is 19.3 Å². The Bertz CT molecular complexity index is 1550. The fraction of sp³-hybridized carbons (Fsp3) is 0.500. The molecule has 1 unspecified atom stereocenters. The van der Waals surface area contributed by atoms with Gasteiger partial charge >= 0.3 is 0 Å². The number of anilines is 1. The number of aromatic nitrogens is 3. The lowest BCUT2D eigenvalue weighted by atomic mass is 9.73. The van der Waals surface area contributed by atoms with Crippen molar-refractivity contribution in [1.82, 2.24) is 25.0 Å². The number of hydrogen-bond donors (Lipinski definition) is 2. The number of nitrogens with zero attached hydrogens (tertiary/aromatic N) is 4. The smallest absolute Gasteiger partial charge is 0.255 e. The second-order valence-electron chi connectivity index (χ2n) is 13.0. The van der Waals surface area contributed by atoms with Crippen LogP contribution in [-0.2, 0) is 22.7 Å². The van der Waals surface area contributed by atoms with Gasteiger partial charge in [0.1, 0.15) is 18.1 Å². The molecule has 7 rings (SSSR count). The highest BCUT2D eigenvalue weighted by atomic mass is 16.5. The fourth-order valence-electron chi connectivity index (χ4n) is 7.23. The van der Waals surface area contributed by atoms with E-state index in [1.807, 2.05) is 35.3 Å². The Balaban J connectivity index is 1.05. The van der Waals surface area contributed by atoms with Crippen LogP contribution in [-0.4, -0.2) is 56.1 Å². The lowest BCUT2D eigenvalue weighted by Crippen LogP contribution is -2.52. The molecule has 2 aliphatic carbocycles. The van der Waals surface area contributed by atoms with Gasteiger partial charge in [0.25, 0.3) is 5.91 Å². The summed E-state index contributed by atoms with van der Waals surface area (Å²) in [6.45, 7) is 1.05. The third kappa shape index (κ3) is 5.81. The zero-order valence-electron chi connectivity index (χ0n) is 25.3. The van der Waals surface area contributed by atoms with Crippen LogP contribution < -0.4 is 15.4 Å². The molecule has 0 spiro atoms. The molecule has 44 heavy (non-hydrogen) atoms. The molecule has 2 aromatic carbocycles. The zero-order valence-corrected chi connectivity index (χ0v) is 25.3. The molecule has 3 fully saturated rings. The standard InChI is InChI=1S/C34H40N6O4/c1-44-25-9-7-23(8-10-25)19-39-21-35-31(38-39)24-14-17-34(18-15-24,16-13-22-5-6-22)37-28-4-2-3-26-27(28)20-40(33(26)43)29-11-12-30(41)36-32(29)42/h2-4,7-10,21-22,24,29,37H,5-6,11-20H2,1H3,(H,36,41,42). The first-order valence-electron chi connectivity index (χ1n) is 16.0. The van der Waals surface area contributed by atoms with E-state index in [2.05, 4.69) is 28.8 Å². The molecular weight excluding hydrogens is 556 g/mol. The van der Waals surface area contributed by atoms with Crippen LogP contribution in [0, 0.1) is 5.92 Å². The van der Waals surface area contributed by atoms with E-state index in [9.17, 15) is 14.4 Å². The number of ether oxygens (including phenoxy) is 1. The lowest BCUT2D eigenvalue weighted by molar-refractivity contribution is -0.136. The van der Waals surface area contributed by atoms with Crippen molar-refractivity contribution in [3.05, 3.63) is 71.3 Å². The van der Waals surface area contributed by atoms with Crippen LogP contribution in [0.25, 0.3) is 0 Å². The highest BCUT2D eigenvalue weighted by Crippen LogP contribution is 2.45. The second kappa shape index (κ2) is 11.7. The van der Waals surface area contributed by atoms with Crippen molar-refractivity contribution in [2.24, 2.45) is 5.92 Å². The van der Waals surface area contributed by atoms with E-state index >= 15 is 0 Å². The van der Waals surface area contributed by atoms with E-state index in [1.54, 1.807) is 12.0 Å². The molecule has 4 aliphatic rings. The Hall–Kier alpha value is -4.21. The van der Waals surface area contributed by atoms with Crippen LogP contribution in [0.1, 0.15) is 97.4 Å². The lowest BCUT2D eigenvalue weighted by Gasteiger charge is -2.42. The first-order valence-corrected chi connectivity index (χ1v) is 16.0.